The third kappa shape index (κ3) is 6.48. The molecule has 0 aliphatic carbocycles. The quantitative estimate of drug-likeness (QED) is 0.358. The van der Waals surface area contributed by atoms with Crippen LogP contribution in [0.25, 0.3) is 0 Å². The van der Waals surface area contributed by atoms with E-state index >= 15 is 0 Å². The normalized spacial score (nSPS) is 11.0. The lowest BCUT2D eigenvalue weighted by Crippen LogP contribution is -2.32. The molecular formula is C23H32N2O2S. The van der Waals surface area contributed by atoms with E-state index in [0.29, 0.717) is 18.4 Å². The van der Waals surface area contributed by atoms with E-state index in [4.69, 9.17) is 4.74 Å². The van der Waals surface area contributed by atoms with E-state index in [1.54, 1.807) is 0 Å². The van der Waals surface area contributed by atoms with E-state index in [1.165, 1.54) is 23.1 Å². The SMILES string of the molecule is CCCCNC(=O)NSc1c(C(C)C)cc(Oc2ccccc2)cc1C(C)C. The molecule has 0 aliphatic heterocycles. The Kier molecular flexibility index (Phi) is 8.71. The molecule has 0 bridgehead atoms. The molecule has 0 atom stereocenters. The smallest absolute Gasteiger partial charge is 0.325 e. The predicted molar refractivity (Wildman–Crippen MR) is 118 cm³/mol. The van der Waals surface area contributed by atoms with E-state index in [2.05, 4.69) is 56.8 Å². The molecule has 0 radical (unpaired) electrons. The first kappa shape index (κ1) is 22.2. The van der Waals surface area contributed by atoms with Crippen molar-refractivity contribution in [3.63, 3.8) is 0 Å². The van der Waals surface area contributed by atoms with Gasteiger partial charge in [0.2, 0.25) is 0 Å². The average Bonchev–Trinajstić information content (AvgIpc) is 2.67. The van der Waals surface area contributed by atoms with Crippen LogP contribution in [0.15, 0.2) is 47.4 Å². The number of hydrogen-bond donors (Lipinski definition) is 2. The fourth-order valence-electron chi connectivity index (χ4n) is 2.82. The summed E-state index contributed by atoms with van der Waals surface area (Å²) in [7, 11) is 0. The molecule has 0 saturated carbocycles. The van der Waals surface area contributed by atoms with Gasteiger partial charge in [-0.25, -0.2) is 4.79 Å². The molecule has 0 aromatic heterocycles. The molecule has 28 heavy (non-hydrogen) atoms. The first-order chi connectivity index (χ1) is 13.4. The molecule has 2 aromatic carbocycles. The van der Waals surface area contributed by atoms with E-state index in [9.17, 15) is 4.79 Å². The number of unbranched alkanes of at least 4 members (excludes halogenated alkanes) is 1. The van der Waals surface area contributed by atoms with E-state index in [-0.39, 0.29) is 6.03 Å². The van der Waals surface area contributed by atoms with Gasteiger partial charge in [-0.05, 0) is 65.6 Å². The van der Waals surface area contributed by atoms with Gasteiger partial charge in [-0.1, -0.05) is 59.2 Å². The second-order valence-corrected chi connectivity index (χ2v) is 8.29. The van der Waals surface area contributed by atoms with Crippen LogP contribution in [0.4, 0.5) is 4.79 Å². The van der Waals surface area contributed by atoms with Gasteiger partial charge in [0.15, 0.2) is 0 Å². The van der Waals surface area contributed by atoms with Crippen molar-refractivity contribution in [1.29, 1.82) is 0 Å². The van der Waals surface area contributed by atoms with Crippen LogP contribution in [0.2, 0.25) is 0 Å². The average molecular weight is 401 g/mol. The van der Waals surface area contributed by atoms with Crippen LogP contribution in [-0.4, -0.2) is 12.6 Å². The van der Waals surface area contributed by atoms with Crippen LogP contribution in [-0.2, 0) is 0 Å². The minimum absolute atomic E-state index is 0.146. The number of nitrogens with one attached hydrogen (secondary N) is 2. The van der Waals surface area contributed by atoms with Gasteiger partial charge in [-0.15, -0.1) is 0 Å². The molecule has 0 spiro atoms. The monoisotopic (exact) mass is 400 g/mol. The van der Waals surface area contributed by atoms with Gasteiger partial charge in [0.1, 0.15) is 11.5 Å². The molecule has 0 aliphatic rings. The number of carbonyl (C=O) groups excluding carboxylic acids is 1. The van der Waals surface area contributed by atoms with Gasteiger partial charge in [-0.3, -0.25) is 4.72 Å². The third-order valence-electron chi connectivity index (χ3n) is 4.40. The van der Waals surface area contributed by atoms with Crippen molar-refractivity contribution in [3.8, 4) is 11.5 Å². The number of carbonyl (C=O) groups is 1. The number of amides is 2. The van der Waals surface area contributed by atoms with Crippen molar-refractivity contribution in [1.82, 2.24) is 10.0 Å². The lowest BCUT2D eigenvalue weighted by molar-refractivity contribution is 0.246. The molecule has 2 amide bonds. The lowest BCUT2D eigenvalue weighted by Gasteiger charge is -2.21. The summed E-state index contributed by atoms with van der Waals surface area (Å²) in [6, 6.07) is 13.8. The maximum absolute atomic E-state index is 12.1. The summed E-state index contributed by atoms with van der Waals surface area (Å²) >= 11 is 1.39. The Morgan fingerprint density at radius 1 is 1.00 bits per heavy atom. The lowest BCUT2D eigenvalue weighted by atomic mass is 9.95. The van der Waals surface area contributed by atoms with Gasteiger partial charge in [-0.2, -0.15) is 0 Å². The number of hydrogen-bond acceptors (Lipinski definition) is 3. The number of para-hydroxylation sites is 1. The van der Waals surface area contributed by atoms with Crippen LogP contribution in [0.1, 0.15) is 70.4 Å². The summed E-state index contributed by atoms with van der Waals surface area (Å²) in [4.78, 5) is 13.2. The number of urea groups is 1. The van der Waals surface area contributed by atoms with Gasteiger partial charge in [0.05, 0.1) is 0 Å². The van der Waals surface area contributed by atoms with Crippen LogP contribution in [0.3, 0.4) is 0 Å². The van der Waals surface area contributed by atoms with Crippen LogP contribution >= 0.6 is 11.9 Å². The van der Waals surface area contributed by atoms with Gasteiger partial charge < -0.3 is 10.1 Å². The minimum Gasteiger partial charge on any atom is -0.457 e. The molecule has 5 heteroatoms. The molecule has 2 aromatic rings. The number of rotatable bonds is 9. The summed E-state index contributed by atoms with van der Waals surface area (Å²) in [5.41, 5.74) is 2.35. The van der Waals surface area contributed by atoms with Crippen molar-refractivity contribution >= 4 is 18.0 Å². The van der Waals surface area contributed by atoms with Crippen molar-refractivity contribution < 1.29 is 9.53 Å². The molecule has 152 valence electrons. The zero-order valence-electron chi connectivity index (χ0n) is 17.5. The molecule has 4 nitrogen and oxygen atoms in total. The highest BCUT2D eigenvalue weighted by molar-refractivity contribution is 7.98. The first-order valence-electron chi connectivity index (χ1n) is 10.0. The van der Waals surface area contributed by atoms with Crippen LogP contribution in [0.5, 0.6) is 11.5 Å². The standard InChI is InChI=1S/C23H32N2O2S/c1-6-7-13-24-23(26)25-28-22-20(16(2)3)14-19(15-21(22)17(4)5)27-18-11-9-8-10-12-18/h8-12,14-17H,6-7,13H2,1-5H3,(H2,24,25,26). The van der Waals surface area contributed by atoms with Crippen LogP contribution < -0.4 is 14.8 Å². The second kappa shape index (κ2) is 11.0. The highest BCUT2D eigenvalue weighted by Gasteiger charge is 2.18. The Balaban J connectivity index is 2.26. The zero-order valence-corrected chi connectivity index (χ0v) is 18.4. The van der Waals surface area contributed by atoms with Gasteiger partial charge in [0, 0.05) is 11.4 Å². The van der Waals surface area contributed by atoms with Crippen molar-refractivity contribution in [2.75, 3.05) is 6.54 Å². The van der Waals surface area contributed by atoms with E-state index in [1.807, 2.05) is 30.3 Å². The Morgan fingerprint density at radius 3 is 2.14 bits per heavy atom. The minimum atomic E-state index is -0.146. The summed E-state index contributed by atoms with van der Waals surface area (Å²) < 4.78 is 9.04. The molecule has 0 unspecified atom stereocenters. The number of benzene rings is 2. The fourth-order valence-corrected chi connectivity index (χ4v) is 3.91. The maximum Gasteiger partial charge on any atom is 0.325 e. The van der Waals surface area contributed by atoms with Gasteiger partial charge >= 0.3 is 6.03 Å². The largest absolute Gasteiger partial charge is 0.457 e. The third-order valence-corrected chi connectivity index (χ3v) is 5.37. The Bertz CT molecular complexity index is 731. The maximum atomic E-state index is 12.1. The Hall–Kier alpha value is -2.14. The topological polar surface area (TPSA) is 50.4 Å². The summed E-state index contributed by atoms with van der Waals surface area (Å²) in [6.07, 6.45) is 2.05. The van der Waals surface area contributed by atoms with Crippen LogP contribution in [0, 0.1) is 0 Å². The fraction of sp³-hybridized carbons (Fsp3) is 0.435. The van der Waals surface area contributed by atoms with Gasteiger partial charge in [0.25, 0.3) is 0 Å². The number of ether oxygens (including phenoxy) is 1. The van der Waals surface area contributed by atoms with E-state index in [0.717, 1.165) is 29.2 Å². The Labute approximate surface area is 173 Å². The molecular weight excluding hydrogens is 368 g/mol. The molecule has 2 rings (SSSR count). The summed E-state index contributed by atoms with van der Waals surface area (Å²) in [6.45, 7) is 11.5. The Morgan fingerprint density at radius 2 is 1.61 bits per heavy atom. The molecule has 0 heterocycles. The molecule has 0 saturated heterocycles. The summed E-state index contributed by atoms with van der Waals surface area (Å²) in [5, 5.41) is 2.90. The van der Waals surface area contributed by atoms with Crippen molar-refractivity contribution in [2.24, 2.45) is 0 Å². The first-order valence-corrected chi connectivity index (χ1v) is 10.8. The second-order valence-electron chi connectivity index (χ2n) is 7.47. The highest BCUT2D eigenvalue weighted by Crippen LogP contribution is 2.38. The molecule has 2 N–H and O–H groups in total. The summed E-state index contributed by atoms with van der Waals surface area (Å²) in [5.74, 6) is 2.27. The molecule has 0 fully saturated rings. The van der Waals surface area contributed by atoms with E-state index < -0.39 is 0 Å². The predicted octanol–water partition coefficient (Wildman–Crippen LogP) is 6.83. The van der Waals surface area contributed by atoms with Crippen molar-refractivity contribution in [3.05, 3.63) is 53.6 Å². The van der Waals surface area contributed by atoms with Crippen molar-refractivity contribution in [2.45, 2.75) is 64.2 Å². The zero-order chi connectivity index (χ0) is 20.5. The highest BCUT2D eigenvalue weighted by atomic mass is 32.2.